The third kappa shape index (κ3) is 2.68. The van der Waals surface area contributed by atoms with Gasteiger partial charge in [0.25, 0.3) is 0 Å². The smallest absolute Gasteiger partial charge is 0.235 e. The van der Waals surface area contributed by atoms with E-state index in [1.807, 2.05) is 30.3 Å². The molecule has 0 fully saturated rings. The van der Waals surface area contributed by atoms with Crippen LogP contribution in [0.25, 0.3) is 37.7 Å². The SMILES string of the molecule is COc1ccc(-c2nnc3sc(-c4ccc5ccccc5c4)nn23)cc1OC. The first-order valence-electron chi connectivity index (χ1n) is 8.70. The lowest BCUT2D eigenvalue weighted by atomic mass is 10.1. The Morgan fingerprint density at radius 3 is 2.39 bits per heavy atom. The summed E-state index contributed by atoms with van der Waals surface area (Å²) in [5.74, 6) is 1.98. The molecule has 0 aliphatic rings. The Hall–Kier alpha value is -3.45. The monoisotopic (exact) mass is 388 g/mol. The van der Waals surface area contributed by atoms with E-state index in [1.165, 1.54) is 22.1 Å². The molecule has 0 radical (unpaired) electrons. The van der Waals surface area contributed by atoms with Gasteiger partial charge in [0.2, 0.25) is 4.96 Å². The summed E-state index contributed by atoms with van der Waals surface area (Å²) in [6, 6.07) is 20.3. The minimum Gasteiger partial charge on any atom is -0.493 e. The quantitative estimate of drug-likeness (QED) is 0.447. The van der Waals surface area contributed by atoms with Gasteiger partial charge in [0, 0.05) is 11.1 Å². The van der Waals surface area contributed by atoms with Gasteiger partial charge in [-0.05, 0) is 35.0 Å². The highest BCUT2D eigenvalue weighted by Crippen LogP contribution is 2.34. The average molecular weight is 388 g/mol. The molecule has 5 rings (SSSR count). The van der Waals surface area contributed by atoms with Crippen LogP contribution in [0.3, 0.4) is 0 Å². The molecule has 0 unspecified atom stereocenters. The average Bonchev–Trinajstić information content (AvgIpc) is 3.34. The molecular weight excluding hydrogens is 372 g/mol. The molecule has 0 bridgehead atoms. The summed E-state index contributed by atoms with van der Waals surface area (Å²) >= 11 is 1.51. The molecule has 0 N–H and O–H groups in total. The van der Waals surface area contributed by atoms with Crippen LogP contribution in [-0.4, -0.2) is 34.0 Å². The van der Waals surface area contributed by atoms with Gasteiger partial charge in [-0.15, -0.1) is 10.2 Å². The lowest BCUT2D eigenvalue weighted by molar-refractivity contribution is 0.355. The highest BCUT2D eigenvalue weighted by Gasteiger charge is 2.16. The largest absolute Gasteiger partial charge is 0.493 e. The minimum atomic E-state index is 0.640. The Balaban J connectivity index is 1.60. The molecule has 0 aliphatic carbocycles. The van der Waals surface area contributed by atoms with Crippen LogP contribution >= 0.6 is 11.3 Å². The van der Waals surface area contributed by atoms with Gasteiger partial charge in [0.15, 0.2) is 17.3 Å². The van der Waals surface area contributed by atoms with Crippen LogP contribution in [0.2, 0.25) is 0 Å². The molecular formula is C21H16N4O2S. The molecule has 5 aromatic rings. The molecule has 2 heterocycles. The van der Waals surface area contributed by atoms with Gasteiger partial charge in [-0.2, -0.15) is 9.61 Å². The van der Waals surface area contributed by atoms with E-state index in [9.17, 15) is 0 Å². The number of ether oxygens (including phenoxy) is 2. The van der Waals surface area contributed by atoms with E-state index < -0.39 is 0 Å². The molecule has 0 atom stereocenters. The first-order chi connectivity index (χ1) is 13.8. The third-order valence-corrected chi connectivity index (χ3v) is 5.58. The number of aromatic nitrogens is 4. The van der Waals surface area contributed by atoms with Gasteiger partial charge in [-0.1, -0.05) is 47.7 Å². The van der Waals surface area contributed by atoms with E-state index in [1.54, 1.807) is 18.7 Å². The van der Waals surface area contributed by atoms with Crippen molar-refractivity contribution >= 4 is 27.1 Å². The van der Waals surface area contributed by atoms with E-state index >= 15 is 0 Å². The number of methoxy groups -OCH3 is 2. The summed E-state index contributed by atoms with van der Waals surface area (Å²) in [5.41, 5.74) is 1.92. The van der Waals surface area contributed by atoms with Crippen molar-refractivity contribution in [3.63, 3.8) is 0 Å². The van der Waals surface area contributed by atoms with Crippen LogP contribution < -0.4 is 9.47 Å². The summed E-state index contributed by atoms with van der Waals surface area (Å²) in [4.78, 5) is 0.743. The molecule has 7 heteroatoms. The van der Waals surface area contributed by atoms with Gasteiger partial charge < -0.3 is 9.47 Å². The van der Waals surface area contributed by atoms with Crippen molar-refractivity contribution < 1.29 is 9.47 Å². The van der Waals surface area contributed by atoms with E-state index in [-0.39, 0.29) is 0 Å². The third-order valence-electron chi connectivity index (χ3n) is 4.63. The second-order valence-corrected chi connectivity index (χ2v) is 7.21. The summed E-state index contributed by atoms with van der Waals surface area (Å²) in [7, 11) is 3.23. The van der Waals surface area contributed by atoms with Crippen LogP contribution in [0.5, 0.6) is 11.5 Å². The fourth-order valence-corrected chi connectivity index (χ4v) is 4.05. The van der Waals surface area contributed by atoms with Crippen LogP contribution in [-0.2, 0) is 0 Å². The molecule has 2 aromatic heterocycles. The molecule has 0 spiro atoms. The van der Waals surface area contributed by atoms with E-state index in [2.05, 4.69) is 40.5 Å². The fourth-order valence-electron chi connectivity index (χ4n) is 3.21. The number of nitrogens with zero attached hydrogens (tertiary/aromatic N) is 4. The summed E-state index contributed by atoms with van der Waals surface area (Å²) in [6.45, 7) is 0. The second-order valence-electron chi connectivity index (χ2n) is 6.26. The topological polar surface area (TPSA) is 61.5 Å². The zero-order chi connectivity index (χ0) is 19.1. The summed E-state index contributed by atoms with van der Waals surface area (Å²) in [6.07, 6.45) is 0. The zero-order valence-electron chi connectivity index (χ0n) is 15.3. The van der Waals surface area contributed by atoms with Crippen LogP contribution in [0.4, 0.5) is 0 Å². The Kier molecular flexibility index (Phi) is 3.95. The van der Waals surface area contributed by atoms with Gasteiger partial charge in [0.05, 0.1) is 14.2 Å². The molecule has 28 heavy (non-hydrogen) atoms. The van der Waals surface area contributed by atoms with Crippen molar-refractivity contribution in [1.82, 2.24) is 19.8 Å². The number of fused-ring (bicyclic) bond motifs is 2. The second kappa shape index (κ2) is 6.61. The normalized spacial score (nSPS) is 11.2. The highest BCUT2D eigenvalue weighted by molar-refractivity contribution is 7.19. The summed E-state index contributed by atoms with van der Waals surface area (Å²) < 4.78 is 12.5. The Bertz CT molecular complexity index is 1310. The predicted octanol–water partition coefficient (Wildman–Crippen LogP) is 4.69. The first-order valence-corrected chi connectivity index (χ1v) is 9.52. The lowest BCUT2D eigenvalue weighted by Gasteiger charge is -2.08. The molecule has 6 nitrogen and oxygen atoms in total. The fraction of sp³-hybridized carbons (Fsp3) is 0.0952. The van der Waals surface area contributed by atoms with E-state index in [4.69, 9.17) is 14.6 Å². The molecule has 0 aliphatic heterocycles. The van der Waals surface area contributed by atoms with Crippen molar-refractivity contribution in [2.75, 3.05) is 14.2 Å². The zero-order valence-corrected chi connectivity index (χ0v) is 16.1. The standard InChI is InChI=1S/C21H16N4O2S/c1-26-17-10-9-15(12-18(17)27-2)19-22-23-21-25(19)24-20(28-21)16-8-7-13-5-3-4-6-14(13)11-16/h3-12H,1-2H3. The lowest BCUT2D eigenvalue weighted by Crippen LogP contribution is -1.94. The molecule has 0 saturated carbocycles. The maximum Gasteiger partial charge on any atom is 0.235 e. The molecule has 0 amide bonds. The maximum absolute atomic E-state index is 5.40. The number of benzene rings is 3. The highest BCUT2D eigenvalue weighted by atomic mass is 32.1. The number of rotatable bonds is 4. The van der Waals surface area contributed by atoms with Crippen LogP contribution in [0, 0.1) is 0 Å². The minimum absolute atomic E-state index is 0.640. The van der Waals surface area contributed by atoms with Gasteiger partial charge >= 0.3 is 0 Å². The summed E-state index contributed by atoms with van der Waals surface area (Å²) in [5, 5.41) is 16.7. The van der Waals surface area contributed by atoms with Crippen LogP contribution in [0.1, 0.15) is 0 Å². The maximum atomic E-state index is 5.40. The van der Waals surface area contributed by atoms with E-state index in [0.29, 0.717) is 17.3 Å². The Morgan fingerprint density at radius 1 is 0.786 bits per heavy atom. The van der Waals surface area contributed by atoms with Gasteiger partial charge in [-0.25, -0.2) is 0 Å². The van der Waals surface area contributed by atoms with Crippen molar-refractivity contribution in [1.29, 1.82) is 0 Å². The van der Waals surface area contributed by atoms with Crippen molar-refractivity contribution in [3.05, 3.63) is 60.7 Å². The first kappa shape index (κ1) is 16.7. The molecule has 0 saturated heterocycles. The molecule has 3 aromatic carbocycles. The van der Waals surface area contributed by atoms with E-state index in [0.717, 1.165) is 21.1 Å². The Morgan fingerprint density at radius 2 is 1.57 bits per heavy atom. The number of hydrogen-bond donors (Lipinski definition) is 0. The van der Waals surface area contributed by atoms with Crippen molar-refractivity contribution in [2.24, 2.45) is 0 Å². The molecule has 138 valence electrons. The van der Waals surface area contributed by atoms with Crippen LogP contribution in [0.15, 0.2) is 60.7 Å². The van der Waals surface area contributed by atoms with Crippen molar-refractivity contribution in [2.45, 2.75) is 0 Å². The van der Waals surface area contributed by atoms with Gasteiger partial charge in [-0.3, -0.25) is 0 Å². The Labute approximate surface area is 165 Å². The predicted molar refractivity (Wildman–Crippen MR) is 110 cm³/mol. The number of hydrogen-bond acceptors (Lipinski definition) is 6. The van der Waals surface area contributed by atoms with Gasteiger partial charge in [0.1, 0.15) is 5.01 Å². The van der Waals surface area contributed by atoms with Crippen molar-refractivity contribution in [3.8, 4) is 33.5 Å².